The predicted octanol–water partition coefficient (Wildman–Crippen LogP) is 3.57. The van der Waals surface area contributed by atoms with Crippen LogP contribution in [-0.4, -0.2) is 49.2 Å². The van der Waals surface area contributed by atoms with E-state index >= 15 is 0 Å². The molecule has 1 aliphatic carbocycles. The molecule has 4 rings (SSSR count). The summed E-state index contributed by atoms with van der Waals surface area (Å²) in [7, 11) is 0. The van der Waals surface area contributed by atoms with Crippen LogP contribution in [0.15, 0.2) is 24.7 Å². The lowest BCUT2D eigenvalue weighted by Crippen LogP contribution is -2.36. The first-order chi connectivity index (χ1) is 13.9. The standard InChI is InChI=1S/C18H21ClFN7O2/c1-9(2)23-18(28)29-13-4-3-10(15(13)20)12-7-14(26-25-12)24-17-16-11(19)8-22-27(16)6-5-21-17/h5-10,13,15H,3-4H2,1-2H3,(H,23,28)(H2,21,24,25,26)/t10-,13-,15+/m1/s1. The van der Waals surface area contributed by atoms with Crippen LogP contribution >= 0.6 is 11.6 Å². The first-order valence-electron chi connectivity index (χ1n) is 9.33. The highest BCUT2D eigenvalue weighted by Crippen LogP contribution is 2.38. The third kappa shape index (κ3) is 3.98. The van der Waals surface area contributed by atoms with E-state index < -0.39 is 24.3 Å². The topological polar surface area (TPSA) is 109 Å². The van der Waals surface area contributed by atoms with E-state index in [-0.39, 0.29) is 6.04 Å². The number of hydrogen-bond acceptors (Lipinski definition) is 6. The third-order valence-corrected chi connectivity index (χ3v) is 5.07. The molecular formula is C18H21ClFN7O2. The zero-order valence-corrected chi connectivity index (χ0v) is 16.7. The maximum atomic E-state index is 14.9. The van der Waals surface area contributed by atoms with Crippen LogP contribution in [0.1, 0.15) is 38.3 Å². The SMILES string of the molecule is CC(C)NC(=O)O[C@@H]1CC[C@H](c2cc(Nc3nccn4ncc(Cl)c34)n[nH]2)[C@@H]1F. The minimum atomic E-state index is -1.31. The van der Waals surface area contributed by atoms with Crippen LogP contribution in [0.2, 0.25) is 5.02 Å². The second kappa shape index (κ2) is 7.86. The van der Waals surface area contributed by atoms with Crippen LogP contribution < -0.4 is 10.6 Å². The smallest absolute Gasteiger partial charge is 0.407 e. The van der Waals surface area contributed by atoms with Gasteiger partial charge in [-0.25, -0.2) is 18.7 Å². The molecule has 0 saturated heterocycles. The molecule has 3 aromatic heterocycles. The van der Waals surface area contributed by atoms with Gasteiger partial charge in [0.25, 0.3) is 0 Å². The Bertz CT molecular complexity index is 1020. The summed E-state index contributed by atoms with van der Waals surface area (Å²) in [6, 6.07) is 1.66. The van der Waals surface area contributed by atoms with Crippen LogP contribution in [0, 0.1) is 0 Å². The average molecular weight is 422 g/mol. The molecule has 11 heteroatoms. The molecule has 0 bridgehead atoms. The maximum absolute atomic E-state index is 14.9. The van der Waals surface area contributed by atoms with Crippen LogP contribution in [-0.2, 0) is 4.74 Å². The number of H-pyrrole nitrogens is 1. The summed E-state index contributed by atoms with van der Waals surface area (Å²) >= 11 is 6.17. The number of rotatable bonds is 5. The number of anilines is 2. The Hall–Kier alpha value is -2.88. The first-order valence-corrected chi connectivity index (χ1v) is 9.71. The van der Waals surface area contributed by atoms with Crippen LogP contribution in [0.3, 0.4) is 0 Å². The molecule has 1 saturated carbocycles. The minimum Gasteiger partial charge on any atom is -0.443 e. The van der Waals surface area contributed by atoms with E-state index in [9.17, 15) is 9.18 Å². The average Bonchev–Trinajstić information content (AvgIpc) is 3.36. The number of amides is 1. The lowest BCUT2D eigenvalue weighted by atomic mass is 10.0. The number of ether oxygens (including phenoxy) is 1. The van der Waals surface area contributed by atoms with Gasteiger partial charge in [-0.15, -0.1) is 0 Å². The number of halogens is 2. The molecule has 1 amide bonds. The monoisotopic (exact) mass is 421 g/mol. The van der Waals surface area contributed by atoms with E-state index in [1.54, 1.807) is 23.0 Å². The predicted molar refractivity (Wildman–Crippen MR) is 105 cm³/mol. The Labute approximate surface area is 171 Å². The van der Waals surface area contributed by atoms with Crippen molar-refractivity contribution in [1.82, 2.24) is 30.1 Å². The van der Waals surface area contributed by atoms with E-state index in [4.69, 9.17) is 16.3 Å². The molecule has 3 aromatic rings. The van der Waals surface area contributed by atoms with E-state index in [2.05, 4.69) is 30.9 Å². The van der Waals surface area contributed by atoms with Gasteiger partial charge >= 0.3 is 6.09 Å². The van der Waals surface area contributed by atoms with Crippen LogP contribution in [0.5, 0.6) is 0 Å². The van der Waals surface area contributed by atoms with Gasteiger partial charge in [-0.05, 0) is 26.7 Å². The Morgan fingerprint density at radius 1 is 1.45 bits per heavy atom. The van der Waals surface area contributed by atoms with Gasteiger partial charge in [-0.2, -0.15) is 10.2 Å². The number of aromatic amines is 1. The normalized spacial score (nSPS) is 21.6. The molecule has 0 aromatic carbocycles. The largest absolute Gasteiger partial charge is 0.443 e. The van der Waals surface area contributed by atoms with Crippen molar-refractivity contribution in [2.75, 3.05) is 5.32 Å². The number of carbonyl (C=O) groups excluding carboxylic acids is 1. The summed E-state index contributed by atoms with van der Waals surface area (Å²) in [6.45, 7) is 3.63. The number of carbonyl (C=O) groups is 1. The van der Waals surface area contributed by atoms with Crippen LogP contribution in [0.4, 0.5) is 20.8 Å². The highest BCUT2D eigenvalue weighted by Gasteiger charge is 2.40. The van der Waals surface area contributed by atoms with Crippen molar-refractivity contribution in [3.8, 4) is 0 Å². The first kappa shape index (κ1) is 19.4. The molecular weight excluding hydrogens is 401 g/mol. The Balaban J connectivity index is 1.45. The number of alkyl carbamates (subject to hydrolysis) is 1. The summed E-state index contributed by atoms with van der Waals surface area (Å²) in [4.78, 5) is 16.0. The van der Waals surface area contributed by atoms with Crippen molar-refractivity contribution in [2.45, 2.75) is 50.9 Å². The maximum Gasteiger partial charge on any atom is 0.407 e. The zero-order valence-electron chi connectivity index (χ0n) is 15.9. The van der Waals surface area contributed by atoms with Gasteiger partial charge in [0, 0.05) is 36.1 Å². The molecule has 3 atom stereocenters. The highest BCUT2D eigenvalue weighted by molar-refractivity contribution is 6.34. The van der Waals surface area contributed by atoms with Gasteiger partial charge in [0.2, 0.25) is 0 Å². The molecule has 154 valence electrons. The summed E-state index contributed by atoms with van der Waals surface area (Å²) in [6.07, 6.45) is 3.11. The summed E-state index contributed by atoms with van der Waals surface area (Å²) in [5.74, 6) is 0.534. The fraction of sp³-hybridized carbons (Fsp3) is 0.444. The van der Waals surface area contributed by atoms with Crippen molar-refractivity contribution < 1.29 is 13.9 Å². The Kier molecular flexibility index (Phi) is 5.27. The van der Waals surface area contributed by atoms with Gasteiger partial charge < -0.3 is 15.4 Å². The number of aromatic nitrogens is 5. The van der Waals surface area contributed by atoms with Gasteiger partial charge in [0.05, 0.1) is 11.2 Å². The van der Waals surface area contributed by atoms with Crippen LogP contribution in [0.25, 0.3) is 5.52 Å². The second-order valence-corrected chi connectivity index (χ2v) is 7.67. The van der Waals surface area contributed by atoms with Gasteiger partial charge in [-0.1, -0.05) is 11.6 Å². The van der Waals surface area contributed by atoms with Gasteiger partial charge in [-0.3, -0.25) is 5.10 Å². The van der Waals surface area contributed by atoms with E-state index in [1.165, 1.54) is 6.20 Å². The minimum absolute atomic E-state index is 0.0682. The van der Waals surface area contributed by atoms with Crippen molar-refractivity contribution in [2.24, 2.45) is 0 Å². The molecule has 29 heavy (non-hydrogen) atoms. The molecule has 9 nitrogen and oxygen atoms in total. The lowest BCUT2D eigenvalue weighted by molar-refractivity contribution is 0.0555. The van der Waals surface area contributed by atoms with Crippen molar-refractivity contribution in [3.05, 3.63) is 35.4 Å². The summed E-state index contributed by atoms with van der Waals surface area (Å²) < 4.78 is 21.7. The summed E-state index contributed by atoms with van der Waals surface area (Å²) in [5, 5.41) is 17.3. The molecule has 0 spiro atoms. The molecule has 0 radical (unpaired) electrons. The number of nitrogens with one attached hydrogen (secondary N) is 3. The Morgan fingerprint density at radius 2 is 2.28 bits per heavy atom. The number of fused-ring (bicyclic) bond motifs is 1. The molecule has 3 N–H and O–H groups in total. The molecule has 0 aliphatic heterocycles. The van der Waals surface area contributed by atoms with E-state index in [1.807, 2.05) is 13.8 Å². The van der Waals surface area contributed by atoms with Gasteiger partial charge in [0.1, 0.15) is 17.8 Å². The van der Waals surface area contributed by atoms with Crippen molar-refractivity contribution in [3.63, 3.8) is 0 Å². The van der Waals surface area contributed by atoms with E-state index in [0.717, 1.165) is 0 Å². The second-order valence-electron chi connectivity index (χ2n) is 7.27. The van der Waals surface area contributed by atoms with E-state index in [0.29, 0.717) is 40.7 Å². The highest BCUT2D eigenvalue weighted by atomic mass is 35.5. The number of hydrogen-bond donors (Lipinski definition) is 3. The molecule has 1 fully saturated rings. The molecule has 1 aliphatic rings. The van der Waals surface area contributed by atoms with Crippen molar-refractivity contribution >= 4 is 34.8 Å². The zero-order chi connectivity index (χ0) is 20.5. The fourth-order valence-electron chi connectivity index (χ4n) is 3.49. The van der Waals surface area contributed by atoms with Gasteiger partial charge in [0.15, 0.2) is 11.6 Å². The molecule has 0 unspecified atom stereocenters. The fourth-order valence-corrected chi connectivity index (χ4v) is 3.71. The number of alkyl halides is 1. The summed E-state index contributed by atoms with van der Waals surface area (Å²) in [5.41, 5.74) is 1.24. The molecule has 3 heterocycles. The number of nitrogens with zero attached hydrogens (tertiary/aromatic N) is 4. The quantitative estimate of drug-likeness (QED) is 0.581. The lowest BCUT2D eigenvalue weighted by Gasteiger charge is -2.18. The Morgan fingerprint density at radius 3 is 3.07 bits per heavy atom. The third-order valence-electron chi connectivity index (χ3n) is 4.80. The van der Waals surface area contributed by atoms with Crippen molar-refractivity contribution in [1.29, 1.82) is 0 Å².